The smallest absolute Gasteiger partial charge is 0.219 e. The molecule has 4 aromatic rings. The number of benzene rings is 2. The Bertz CT molecular complexity index is 1170. The van der Waals surface area contributed by atoms with Crippen molar-refractivity contribution in [2.24, 2.45) is 0 Å². The molecule has 0 atom stereocenters. The summed E-state index contributed by atoms with van der Waals surface area (Å²) in [5, 5.41) is 17.6. The van der Waals surface area contributed by atoms with Crippen LogP contribution in [0.25, 0.3) is 28.6 Å². The van der Waals surface area contributed by atoms with Gasteiger partial charge >= 0.3 is 0 Å². The number of aromatic nitrogens is 5. The normalized spacial score (nSPS) is 11.6. The highest BCUT2D eigenvalue weighted by Crippen LogP contribution is 2.29. The summed E-state index contributed by atoms with van der Waals surface area (Å²) in [6.45, 7) is 6.90. The molecule has 0 N–H and O–H groups in total. The molecule has 0 saturated carbocycles. The fraction of sp³-hybridized carbons (Fsp3) is 0.308. The second-order valence-corrected chi connectivity index (χ2v) is 8.06. The van der Waals surface area contributed by atoms with Crippen LogP contribution in [0.3, 0.4) is 0 Å². The molecule has 0 aliphatic carbocycles. The highest BCUT2D eigenvalue weighted by atomic mass is 16.4. The van der Waals surface area contributed by atoms with Crippen LogP contribution in [0, 0.1) is 0 Å². The van der Waals surface area contributed by atoms with E-state index in [4.69, 9.17) is 14.6 Å². The van der Waals surface area contributed by atoms with Gasteiger partial charge < -0.3 is 4.42 Å². The minimum atomic E-state index is 0.268. The number of hydrogen-bond acceptors (Lipinski definition) is 5. The molecule has 0 saturated heterocycles. The van der Waals surface area contributed by atoms with Crippen LogP contribution < -0.4 is 0 Å². The molecule has 0 aliphatic rings. The molecule has 2 heterocycles. The van der Waals surface area contributed by atoms with E-state index in [0.717, 1.165) is 59.8 Å². The average molecular weight is 428 g/mol. The van der Waals surface area contributed by atoms with Crippen molar-refractivity contribution in [1.82, 2.24) is 25.2 Å². The second-order valence-electron chi connectivity index (χ2n) is 8.06. The molecule has 4 rings (SSSR count). The first kappa shape index (κ1) is 21.7. The van der Waals surface area contributed by atoms with Gasteiger partial charge in [-0.05, 0) is 31.4 Å². The van der Waals surface area contributed by atoms with Crippen molar-refractivity contribution in [2.45, 2.75) is 52.5 Å². The van der Waals surface area contributed by atoms with Crippen molar-refractivity contribution in [2.75, 3.05) is 0 Å². The van der Waals surface area contributed by atoms with Gasteiger partial charge in [0, 0.05) is 23.5 Å². The molecule has 164 valence electrons. The Kier molecular flexibility index (Phi) is 6.90. The molecule has 2 aromatic heterocycles. The molecule has 0 aliphatic heterocycles. The molecule has 0 fully saturated rings. The van der Waals surface area contributed by atoms with Crippen LogP contribution in [-0.4, -0.2) is 25.2 Å². The van der Waals surface area contributed by atoms with Crippen LogP contribution in [0.2, 0.25) is 0 Å². The third kappa shape index (κ3) is 5.19. The molecular formula is C26H29N5O. The summed E-state index contributed by atoms with van der Waals surface area (Å²) in [4.78, 5) is 1.75. The summed E-state index contributed by atoms with van der Waals surface area (Å²) < 4.78 is 5.67. The zero-order valence-corrected chi connectivity index (χ0v) is 18.9. The van der Waals surface area contributed by atoms with E-state index >= 15 is 0 Å². The molecule has 0 bridgehead atoms. The van der Waals surface area contributed by atoms with Crippen LogP contribution >= 0.6 is 0 Å². The average Bonchev–Trinajstić information content (AvgIpc) is 3.47. The first-order valence-corrected chi connectivity index (χ1v) is 11.2. The first-order chi connectivity index (χ1) is 15.6. The van der Waals surface area contributed by atoms with Gasteiger partial charge in [-0.2, -0.15) is 15.0 Å². The molecule has 0 unspecified atom stereocenters. The van der Waals surface area contributed by atoms with Crippen molar-refractivity contribution in [3.8, 4) is 22.5 Å². The Morgan fingerprint density at radius 3 is 2.41 bits per heavy atom. The molecule has 6 heteroatoms. The first-order valence-electron chi connectivity index (χ1n) is 11.2. The van der Waals surface area contributed by atoms with Gasteiger partial charge in [0.25, 0.3) is 0 Å². The summed E-state index contributed by atoms with van der Waals surface area (Å²) >= 11 is 0. The zero-order chi connectivity index (χ0) is 22.3. The summed E-state index contributed by atoms with van der Waals surface area (Å²) in [5.74, 6) is 1.70. The molecule has 6 nitrogen and oxygen atoms in total. The summed E-state index contributed by atoms with van der Waals surface area (Å²) in [6.07, 6.45) is 7.07. The third-order valence-corrected chi connectivity index (χ3v) is 5.19. The van der Waals surface area contributed by atoms with Gasteiger partial charge in [0.15, 0.2) is 0 Å². The van der Waals surface area contributed by atoms with Gasteiger partial charge in [0.2, 0.25) is 11.8 Å². The highest BCUT2D eigenvalue weighted by Gasteiger charge is 2.14. The van der Waals surface area contributed by atoms with E-state index in [1.807, 2.05) is 18.2 Å². The van der Waals surface area contributed by atoms with Crippen molar-refractivity contribution >= 4 is 6.08 Å². The highest BCUT2D eigenvalue weighted by molar-refractivity contribution is 5.78. The van der Waals surface area contributed by atoms with Crippen LogP contribution in [0.1, 0.15) is 56.9 Å². The summed E-state index contributed by atoms with van der Waals surface area (Å²) in [6, 6.07) is 18.7. The minimum Gasteiger partial charge on any atom is -0.425 e. The van der Waals surface area contributed by atoms with E-state index < -0.39 is 0 Å². The Hall–Kier alpha value is -3.54. The number of hydrogen-bond donors (Lipinski definition) is 0. The molecule has 32 heavy (non-hydrogen) atoms. The fourth-order valence-corrected chi connectivity index (χ4v) is 3.46. The van der Waals surface area contributed by atoms with Gasteiger partial charge in [-0.25, -0.2) is 0 Å². The lowest BCUT2D eigenvalue weighted by Gasteiger charge is -2.03. The van der Waals surface area contributed by atoms with E-state index in [9.17, 15) is 0 Å². The topological polar surface area (TPSA) is 69.6 Å². The number of aryl methyl sites for hydroxylation is 2. The number of rotatable bonds is 9. The van der Waals surface area contributed by atoms with E-state index in [-0.39, 0.29) is 5.92 Å². The summed E-state index contributed by atoms with van der Waals surface area (Å²) in [7, 11) is 0. The Morgan fingerprint density at radius 1 is 0.938 bits per heavy atom. The van der Waals surface area contributed by atoms with Crippen LogP contribution in [0.5, 0.6) is 0 Å². The maximum atomic E-state index is 5.67. The molecule has 0 radical (unpaired) electrons. The van der Waals surface area contributed by atoms with Crippen LogP contribution in [0.4, 0.5) is 0 Å². The van der Waals surface area contributed by atoms with Crippen LogP contribution in [0.15, 0.2) is 65.1 Å². The minimum absolute atomic E-state index is 0.268. The van der Waals surface area contributed by atoms with Crippen LogP contribution in [-0.2, 0) is 13.0 Å². The largest absolute Gasteiger partial charge is 0.425 e. The third-order valence-electron chi connectivity index (χ3n) is 5.19. The SMILES string of the molecule is CCn1nc(-c2ccccc2)c(-c2cccc(/C=C/CCCc3nnc(C(C)C)o3)c2)n1. The van der Waals surface area contributed by atoms with Crippen molar-refractivity contribution in [3.05, 3.63) is 78.0 Å². The van der Waals surface area contributed by atoms with E-state index in [0.29, 0.717) is 5.89 Å². The zero-order valence-electron chi connectivity index (χ0n) is 18.9. The van der Waals surface area contributed by atoms with Gasteiger partial charge in [-0.1, -0.05) is 74.5 Å². The molecular weight excluding hydrogens is 398 g/mol. The lowest BCUT2D eigenvalue weighted by molar-refractivity contribution is 0.428. The lowest BCUT2D eigenvalue weighted by atomic mass is 10.0. The predicted octanol–water partition coefficient (Wildman–Crippen LogP) is 6.17. The van der Waals surface area contributed by atoms with Gasteiger partial charge in [-0.15, -0.1) is 10.2 Å². The monoisotopic (exact) mass is 427 g/mol. The molecule has 2 aromatic carbocycles. The maximum Gasteiger partial charge on any atom is 0.219 e. The Balaban J connectivity index is 1.44. The standard InChI is InChI=1S/C26H29N5O/c1-4-31-29-24(21-14-8-6-9-15-21)25(30-31)22-16-11-13-20(18-22)12-7-5-10-17-23-27-28-26(32-23)19(2)3/h6-9,11-16,18-19H,4-5,10,17H2,1-3H3/b12-7+. The second kappa shape index (κ2) is 10.2. The van der Waals surface area contributed by atoms with E-state index in [1.54, 1.807) is 4.80 Å². The Morgan fingerprint density at radius 2 is 1.69 bits per heavy atom. The van der Waals surface area contributed by atoms with Crippen molar-refractivity contribution in [1.29, 1.82) is 0 Å². The lowest BCUT2D eigenvalue weighted by Crippen LogP contribution is -1.98. The van der Waals surface area contributed by atoms with Gasteiger partial charge in [-0.3, -0.25) is 0 Å². The quantitative estimate of drug-likeness (QED) is 0.299. The van der Waals surface area contributed by atoms with Gasteiger partial charge in [0.1, 0.15) is 11.4 Å². The Labute approximate surface area is 189 Å². The number of nitrogens with zero attached hydrogens (tertiary/aromatic N) is 5. The predicted molar refractivity (Wildman–Crippen MR) is 127 cm³/mol. The van der Waals surface area contributed by atoms with Crippen molar-refractivity contribution in [3.63, 3.8) is 0 Å². The van der Waals surface area contributed by atoms with Gasteiger partial charge in [0.05, 0.1) is 6.54 Å². The number of allylic oxidation sites excluding steroid dienone is 1. The summed E-state index contributed by atoms with van der Waals surface area (Å²) in [5.41, 5.74) is 5.11. The molecule has 0 amide bonds. The van der Waals surface area contributed by atoms with E-state index in [2.05, 4.69) is 79.5 Å². The number of unbranched alkanes of at least 4 members (excludes halogenated alkanes) is 1. The van der Waals surface area contributed by atoms with E-state index in [1.165, 1.54) is 0 Å². The fourth-order valence-electron chi connectivity index (χ4n) is 3.46. The van der Waals surface area contributed by atoms with Crippen molar-refractivity contribution < 1.29 is 4.42 Å². The molecule has 0 spiro atoms. The maximum absolute atomic E-state index is 5.67.